The fourth-order valence-corrected chi connectivity index (χ4v) is 2.96. The molecule has 6 nitrogen and oxygen atoms in total. The number of benzene rings is 3. The molecule has 0 aliphatic carbocycles. The molecule has 0 saturated carbocycles. The molecule has 0 saturated heterocycles. The Kier molecular flexibility index (Phi) is 7.17. The number of hydrogen-bond acceptors (Lipinski definition) is 5. The Morgan fingerprint density at radius 3 is 2.26 bits per heavy atom. The molecule has 0 aromatic heterocycles. The van der Waals surface area contributed by atoms with Crippen LogP contribution in [-0.4, -0.2) is 30.4 Å². The summed E-state index contributed by atoms with van der Waals surface area (Å²) >= 11 is 0. The van der Waals surface area contributed by atoms with Crippen LogP contribution in [0, 0.1) is 13.8 Å². The second kappa shape index (κ2) is 10.2. The first-order valence-corrected chi connectivity index (χ1v) is 9.78. The maximum absolute atomic E-state index is 12.5. The summed E-state index contributed by atoms with van der Waals surface area (Å²) in [6.45, 7) is 4.02. The van der Waals surface area contributed by atoms with E-state index in [1.807, 2.05) is 56.3 Å². The van der Waals surface area contributed by atoms with Gasteiger partial charge in [0.05, 0.1) is 19.2 Å². The molecule has 31 heavy (non-hydrogen) atoms. The molecule has 0 N–H and O–H groups in total. The van der Waals surface area contributed by atoms with Crippen molar-refractivity contribution in [3.63, 3.8) is 0 Å². The Morgan fingerprint density at radius 2 is 1.61 bits per heavy atom. The van der Waals surface area contributed by atoms with Gasteiger partial charge in [0.15, 0.2) is 0 Å². The first-order valence-electron chi connectivity index (χ1n) is 9.78. The highest BCUT2D eigenvalue weighted by Crippen LogP contribution is 2.23. The molecule has 0 spiro atoms. The van der Waals surface area contributed by atoms with Crippen LogP contribution in [0.15, 0.2) is 77.9 Å². The molecule has 1 amide bonds. The van der Waals surface area contributed by atoms with Crippen LogP contribution >= 0.6 is 0 Å². The molecular formula is C25H24N2O4. The summed E-state index contributed by atoms with van der Waals surface area (Å²) in [5, 5.41) is 5.55. The van der Waals surface area contributed by atoms with Crippen molar-refractivity contribution in [2.45, 2.75) is 20.4 Å². The molecule has 0 heterocycles. The van der Waals surface area contributed by atoms with Gasteiger partial charge in [-0.3, -0.25) is 4.79 Å². The van der Waals surface area contributed by atoms with Gasteiger partial charge in [-0.05, 0) is 44.2 Å². The predicted octanol–water partition coefficient (Wildman–Crippen LogP) is 4.49. The van der Waals surface area contributed by atoms with Crippen molar-refractivity contribution in [3.8, 4) is 5.75 Å². The van der Waals surface area contributed by atoms with Gasteiger partial charge < -0.3 is 9.47 Å². The second-order valence-electron chi connectivity index (χ2n) is 7.05. The summed E-state index contributed by atoms with van der Waals surface area (Å²) in [4.78, 5) is 24.2. The zero-order chi connectivity index (χ0) is 22.2. The first kappa shape index (κ1) is 21.8. The quantitative estimate of drug-likeness (QED) is 0.142. The zero-order valence-corrected chi connectivity index (χ0v) is 17.7. The number of esters is 1. The van der Waals surface area contributed by atoms with Crippen molar-refractivity contribution >= 4 is 18.3 Å². The highest BCUT2D eigenvalue weighted by atomic mass is 16.5. The average molecular weight is 416 g/mol. The van der Waals surface area contributed by atoms with Crippen molar-refractivity contribution in [1.29, 1.82) is 0 Å². The van der Waals surface area contributed by atoms with E-state index in [1.54, 1.807) is 30.3 Å². The zero-order valence-electron chi connectivity index (χ0n) is 17.7. The van der Waals surface area contributed by atoms with Gasteiger partial charge in [-0.15, -0.1) is 5.10 Å². The summed E-state index contributed by atoms with van der Waals surface area (Å²) in [7, 11) is 1.50. The van der Waals surface area contributed by atoms with Gasteiger partial charge in [-0.1, -0.05) is 53.6 Å². The SMILES string of the molecule is CO/C(=N\N(C=O)Cc1cc(C)ccc1OC(=O)c1ccccc1)c1ccc(C)cc1. The highest BCUT2D eigenvalue weighted by molar-refractivity contribution is 5.94. The number of hydrogen-bond donors (Lipinski definition) is 0. The van der Waals surface area contributed by atoms with E-state index in [4.69, 9.17) is 9.47 Å². The Labute approximate surface area is 181 Å². The van der Waals surface area contributed by atoms with Gasteiger partial charge in [0.25, 0.3) is 0 Å². The summed E-state index contributed by atoms with van der Waals surface area (Å²) in [6.07, 6.45) is 0.609. The number of ether oxygens (including phenoxy) is 2. The number of nitrogens with zero attached hydrogens (tertiary/aromatic N) is 2. The lowest BCUT2D eigenvalue weighted by Gasteiger charge is -2.17. The topological polar surface area (TPSA) is 68.2 Å². The van der Waals surface area contributed by atoms with Crippen LogP contribution in [0.25, 0.3) is 0 Å². The molecule has 158 valence electrons. The molecule has 0 bridgehead atoms. The third kappa shape index (κ3) is 5.79. The fraction of sp³-hybridized carbons (Fsp3) is 0.160. The van der Waals surface area contributed by atoms with Gasteiger partial charge in [-0.25, -0.2) is 9.80 Å². The molecule has 0 radical (unpaired) electrons. The Bertz CT molecular complexity index is 1080. The summed E-state index contributed by atoms with van der Waals surface area (Å²) in [6, 6.07) is 21.8. The number of carbonyl (C=O) groups is 2. The van der Waals surface area contributed by atoms with E-state index >= 15 is 0 Å². The summed E-state index contributed by atoms with van der Waals surface area (Å²) in [5.74, 6) is 0.211. The van der Waals surface area contributed by atoms with Crippen molar-refractivity contribution in [2.75, 3.05) is 7.11 Å². The van der Waals surface area contributed by atoms with Crippen LogP contribution < -0.4 is 4.74 Å². The summed E-state index contributed by atoms with van der Waals surface area (Å²) < 4.78 is 11.0. The van der Waals surface area contributed by atoms with Crippen molar-refractivity contribution < 1.29 is 19.1 Å². The maximum Gasteiger partial charge on any atom is 0.343 e. The Balaban J connectivity index is 1.85. The van der Waals surface area contributed by atoms with E-state index in [0.29, 0.717) is 29.2 Å². The number of methoxy groups -OCH3 is 1. The van der Waals surface area contributed by atoms with E-state index in [0.717, 1.165) is 16.7 Å². The third-order valence-corrected chi connectivity index (χ3v) is 4.59. The standard InChI is InChI=1S/C25H24N2O4/c1-18-9-12-20(13-10-18)24(30-3)26-27(17-28)16-22-15-19(2)11-14-23(22)31-25(29)21-7-5-4-6-8-21/h4-15,17H,16H2,1-3H3/b26-24-. The van der Waals surface area contributed by atoms with E-state index < -0.39 is 5.97 Å². The van der Waals surface area contributed by atoms with Crippen molar-refractivity contribution in [1.82, 2.24) is 5.01 Å². The minimum atomic E-state index is -0.468. The van der Waals surface area contributed by atoms with Crippen LogP contribution in [0.2, 0.25) is 0 Å². The predicted molar refractivity (Wildman–Crippen MR) is 119 cm³/mol. The lowest BCUT2D eigenvalue weighted by atomic mass is 10.1. The average Bonchev–Trinajstić information content (AvgIpc) is 2.79. The number of carbonyl (C=O) groups excluding carboxylic acids is 2. The largest absolute Gasteiger partial charge is 0.480 e. The Morgan fingerprint density at radius 1 is 0.935 bits per heavy atom. The fourth-order valence-electron chi connectivity index (χ4n) is 2.96. The number of rotatable bonds is 7. The molecule has 6 heteroatoms. The minimum Gasteiger partial charge on any atom is -0.480 e. The molecular weight excluding hydrogens is 392 g/mol. The molecule has 3 rings (SSSR count). The second-order valence-corrected chi connectivity index (χ2v) is 7.05. The lowest BCUT2D eigenvalue weighted by Crippen LogP contribution is -2.20. The van der Waals surface area contributed by atoms with E-state index in [9.17, 15) is 9.59 Å². The van der Waals surface area contributed by atoms with Gasteiger partial charge in [-0.2, -0.15) is 0 Å². The molecule has 3 aromatic rings. The molecule has 0 fully saturated rings. The molecule has 0 unspecified atom stereocenters. The normalized spacial score (nSPS) is 11.0. The number of amides is 1. The smallest absolute Gasteiger partial charge is 0.343 e. The highest BCUT2D eigenvalue weighted by Gasteiger charge is 2.15. The number of hydrazone groups is 1. The maximum atomic E-state index is 12.5. The van der Waals surface area contributed by atoms with Crippen molar-refractivity contribution in [3.05, 3.63) is 101 Å². The number of aryl methyl sites for hydroxylation is 2. The van der Waals surface area contributed by atoms with Crippen LogP contribution in [0.4, 0.5) is 0 Å². The summed E-state index contributed by atoms with van der Waals surface area (Å²) in [5.41, 5.74) is 3.92. The molecule has 3 aromatic carbocycles. The Hall–Kier alpha value is -3.93. The van der Waals surface area contributed by atoms with Crippen LogP contribution in [-0.2, 0) is 16.1 Å². The van der Waals surface area contributed by atoms with E-state index in [2.05, 4.69) is 5.10 Å². The van der Waals surface area contributed by atoms with Crippen molar-refractivity contribution in [2.24, 2.45) is 5.10 Å². The van der Waals surface area contributed by atoms with Gasteiger partial charge >= 0.3 is 5.97 Å². The molecule has 0 aliphatic rings. The van der Waals surface area contributed by atoms with Crippen LogP contribution in [0.3, 0.4) is 0 Å². The molecule has 0 aliphatic heterocycles. The third-order valence-electron chi connectivity index (χ3n) is 4.59. The first-order chi connectivity index (χ1) is 15.0. The van der Waals surface area contributed by atoms with E-state index in [-0.39, 0.29) is 6.54 Å². The van der Waals surface area contributed by atoms with Gasteiger partial charge in [0, 0.05) is 11.1 Å². The minimum absolute atomic E-state index is 0.112. The van der Waals surface area contributed by atoms with Crippen LogP contribution in [0.5, 0.6) is 5.75 Å². The van der Waals surface area contributed by atoms with Crippen LogP contribution in [0.1, 0.15) is 32.6 Å². The van der Waals surface area contributed by atoms with Gasteiger partial charge in [0.2, 0.25) is 12.3 Å². The lowest BCUT2D eigenvalue weighted by molar-refractivity contribution is -0.118. The monoisotopic (exact) mass is 416 g/mol. The molecule has 0 atom stereocenters. The van der Waals surface area contributed by atoms with E-state index in [1.165, 1.54) is 12.1 Å². The van der Waals surface area contributed by atoms with Gasteiger partial charge in [0.1, 0.15) is 5.75 Å².